The molecule has 0 radical (unpaired) electrons. The minimum absolute atomic E-state index is 0.00371. The van der Waals surface area contributed by atoms with Gasteiger partial charge in [-0.15, -0.1) is 0 Å². The van der Waals surface area contributed by atoms with Crippen LogP contribution in [0.3, 0.4) is 0 Å². The summed E-state index contributed by atoms with van der Waals surface area (Å²) in [5.41, 5.74) is 2.73. The Hall–Kier alpha value is -2.22. The van der Waals surface area contributed by atoms with Crippen LogP contribution in [-0.2, 0) is 9.53 Å². The molecule has 4 aliphatic carbocycles. The van der Waals surface area contributed by atoms with Crippen molar-refractivity contribution in [3.05, 3.63) is 47.3 Å². The summed E-state index contributed by atoms with van der Waals surface area (Å²) in [6.07, 6.45) is 7.25. The lowest BCUT2D eigenvalue weighted by molar-refractivity contribution is -0.149. The molecule has 0 unspecified atom stereocenters. The zero-order valence-corrected chi connectivity index (χ0v) is 21.6. The van der Waals surface area contributed by atoms with E-state index in [-0.39, 0.29) is 33.8 Å². The van der Waals surface area contributed by atoms with Crippen LogP contribution in [0.15, 0.2) is 30.3 Å². The molecule has 0 saturated heterocycles. The second-order valence-corrected chi connectivity index (χ2v) is 12.5. The quantitative estimate of drug-likeness (QED) is 0.213. The van der Waals surface area contributed by atoms with E-state index in [1.165, 1.54) is 31.4 Å². The van der Waals surface area contributed by atoms with E-state index in [4.69, 9.17) is 4.74 Å². The largest absolute Gasteiger partial charge is 0.457 e. The molecule has 2 aromatic rings. The minimum Gasteiger partial charge on any atom is -0.457 e. The Labute approximate surface area is 212 Å². The molecule has 0 aliphatic heterocycles. The Kier molecular flexibility index (Phi) is 6.31. The first kappa shape index (κ1) is 24.5. The van der Waals surface area contributed by atoms with Crippen LogP contribution in [0.4, 0.5) is 8.78 Å². The third-order valence-electron chi connectivity index (χ3n) is 8.05. The smallest absolute Gasteiger partial charge is 0.387 e. The molecule has 0 spiro atoms. The first-order valence-electron chi connectivity index (χ1n) is 12.2. The van der Waals surface area contributed by atoms with Crippen LogP contribution in [0.1, 0.15) is 66.7 Å². The molecule has 1 aromatic carbocycles. The highest BCUT2D eigenvalue weighted by atomic mass is 79.9. The van der Waals surface area contributed by atoms with E-state index < -0.39 is 6.61 Å². The van der Waals surface area contributed by atoms with Crippen LogP contribution >= 0.6 is 15.9 Å². The SMILES string of the molecule is Cc1cc(C(=O)COC(=O)CC23C[C@H]4C[C@@H](CC(Br)(C4)C2)C3)c(C)n1-c1ccc(OC(F)F)cc1. The molecule has 1 aromatic heterocycles. The molecule has 1 heterocycles. The summed E-state index contributed by atoms with van der Waals surface area (Å²) >= 11 is 3.98. The van der Waals surface area contributed by atoms with Gasteiger partial charge < -0.3 is 14.0 Å². The molecule has 0 amide bonds. The number of rotatable bonds is 8. The van der Waals surface area contributed by atoms with Crippen molar-refractivity contribution in [3.8, 4) is 11.4 Å². The lowest BCUT2D eigenvalue weighted by Gasteiger charge is -2.60. The van der Waals surface area contributed by atoms with Gasteiger partial charge in [-0.1, -0.05) is 15.9 Å². The fourth-order valence-electron chi connectivity index (χ4n) is 7.34. The molecule has 4 fully saturated rings. The van der Waals surface area contributed by atoms with Crippen molar-refractivity contribution in [1.29, 1.82) is 0 Å². The molecule has 8 heteroatoms. The summed E-state index contributed by atoms with van der Waals surface area (Å²) < 4.78 is 36.8. The van der Waals surface area contributed by atoms with Gasteiger partial charge in [0, 0.05) is 27.0 Å². The first-order valence-corrected chi connectivity index (χ1v) is 13.0. The molecule has 4 saturated carbocycles. The summed E-state index contributed by atoms with van der Waals surface area (Å²) in [4.78, 5) is 25.8. The number of hydrogen-bond donors (Lipinski definition) is 0. The van der Waals surface area contributed by atoms with Gasteiger partial charge in [0.15, 0.2) is 6.61 Å². The Morgan fingerprint density at radius 1 is 1.11 bits per heavy atom. The van der Waals surface area contributed by atoms with Gasteiger partial charge in [0.25, 0.3) is 0 Å². The third kappa shape index (κ3) is 4.91. The van der Waals surface area contributed by atoms with Gasteiger partial charge in [0.05, 0.1) is 6.42 Å². The molecule has 4 bridgehead atoms. The Bertz CT molecular complexity index is 1130. The second-order valence-electron chi connectivity index (χ2n) is 10.9. The van der Waals surface area contributed by atoms with Crippen molar-refractivity contribution in [2.45, 2.75) is 69.7 Å². The minimum atomic E-state index is -2.88. The highest BCUT2D eigenvalue weighted by molar-refractivity contribution is 9.10. The number of esters is 1. The van der Waals surface area contributed by atoms with Gasteiger partial charge >= 0.3 is 12.6 Å². The zero-order chi connectivity index (χ0) is 25.0. The number of Topliss-reactive ketones (excluding diaryl/α,β-unsaturated/α-hetero) is 1. The predicted octanol–water partition coefficient (Wildman–Crippen LogP) is 6.55. The van der Waals surface area contributed by atoms with Crippen molar-refractivity contribution in [2.24, 2.45) is 17.3 Å². The van der Waals surface area contributed by atoms with Crippen molar-refractivity contribution >= 4 is 27.7 Å². The van der Waals surface area contributed by atoms with E-state index in [2.05, 4.69) is 20.7 Å². The average molecular weight is 550 g/mol. The van der Waals surface area contributed by atoms with E-state index in [9.17, 15) is 18.4 Å². The number of alkyl halides is 3. The summed E-state index contributed by atoms with van der Waals surface area (Å²) in [5.74, 6) is 0.898. The number of aryl methyl sites for hydroxylation is 1. The Morgan fingerprint density at radius 3 is 2.37 bits per heavy atom. The lowest BCUT2D eigenvalue weighted by Crippen LogP contribution is -2.53. The third-order valence-corrected chi connectivity index (χ3v) is 8.97. The van der Waals surface area contributed by atoms with E-state index in [1.54, 1.807) is 18.2 Å². The van der Waals surface area contributed by atoms with Crippen molar-refractivity contribution in [3.63, 3.8) is 0 Å². The molecule has 5 nitrogen and oxygen atoms in total. The van der Waals surface area contributed by atoms with Crippen LogP contribution in [0.2, 0.25) is 0 Å². The molecule has 2 atom stereocenters. The molecular weight excluding hydrogens is 520 g/mol. The van der Waals surface area contributed by atoms with Crippen LogP contribution in [-0.4, -0.2) is 33.9 Å². The van der Waals surface area contributed by atoms with Crippen LogP contribution < -0.4 is 4.74 Å². The van der Waals surface area contributed by atoms with Crippen molar-refractivity contribution in [1.82, 2.24) is 4.57 Å². The number of ketones is 1. The lowest BCUT2D eigenvalue weighted by atomic mass is 9.49. The summed E-state index contributed by atoms with van der Waals surface area (Å²) in [5, 5.41) is 0. The standard InChI is InChI=1S/C27H30BrF2NO4/c1-16-7-22(17(2)31(16)20-3-5-21(6-4-20)35-25(29)30)23(32)14-34-24(33)13-26-9-18-8-19(10-26)12-27(28,11-18)15-26/h3-7,18-19,25H,8-15H2,1-2H3/t18-,19-,26?,27?/m1/s1. The van der Waals surface area contributed by atoms with Gasteiger partial charge in [0.2, 0.25) is 5.78 Å². The number of carbonyl (C=O) groups excluding carboxylic acids is 2. The number of nitrogens with zero attached hydrogens (tertiary/aromatic N) is 1. The first-order chi connectivity index (χ1) is 16.5. The molecule has 35 heavy (non-hydrogen) atoms. The zero-order valence-electron chi connectivity index (χ0n) is 20.0. The van der Waals surface area contributed by atoms with E-state index >= 15 is 0 Å². The number of carbonyl (C=O) groups is 2. The number of aromatic nitrogens is 1. The van der Waals surface area contributed by atoms with Gasteiger partial charge in [0.1, 0.15) is 5.75 Å². The summed E-state index contributed by atoms with van der Waals surface area (Å²) in [7, 11) is 0. The Morgan fingerprint density at radius 2 is 1.77 bits per heavy atom. The van der Waals surface area contributed by atoms with Gasteiger partial charge in [-0.05, 0) is 100.0 Å². The topological polar surface area (TPSA) is 57.5 Å². The van der Waals surface area contributed by atoms with E-state index in [0.29, 0.717) is 29.5 Å². The number of benzene rings is 1. The maximum Gasteiger partial charge on any atom is 0.387 e. The van der Waals surface area contributed by atoms with Crippen molar-refractivity contribution in [2.75, 3.05) is 6.61 Å². The van der Waals surface area contributed by atoms with Crippen LogP contribution in [0, 0.1) is 31.1 Å². The maximum atomic E-state index is 13.0. The number of ether oxygens (including phenoxy) is 2. The summed E-state index contributed by atoms with van der Waals surface area (Å²) in [6.45, 7) is 0.512. The highest BCUT2D eigenvalue weighted by Crippen LogP contribution is 2.65. The molecule has 6 rings (SSSR count). The maximum absolute atomic E-state index is 13.0. The van der Waals surface area contributed by atoms with Crippen LogP contribution in [0.5, 0.6) is 5.75 Å². The highest BCUT2D eigenvalue weighted by Gasteiger charge is 2.57. The van der Waals surface area contributed by atoms with Gasteiger partial charge in [-0.2, -0.15) is 8.78 Å². The monoisotopic (exact) mass is 549 g/mol. The van der Waals surface area contributed by atoms with Gasteiger partial charge in [-0.3, -0.25) is 9.59 Å². The van der Waals surface area contributed by atoms with Gasteiger partial charge in [-0.25, -0.2) is 0 Å². The number of halogens is 3. The molecule has 188 valence electrons. The molecular formula is C27H30BrF2NO4. The summed E-state index contributed by atoms with van der Waals surface area (Å²) in [6, 6.07) is 8.02. The fraction of sp³-hybridized carbons (Fsp3) is 0.556. The molecule has 0 N–H and O–H groups in total. The normalized spacial score (nSPS) is 29.0. The number of hydrogen-bond acceptors (Lipinski definition) is 4. The van der Waals surface area contributed by atoms with E-state index in [0.717, 1.165) is 30.6 Å². The molecule has 4 aliphatic rings. The van der Waals surface area contributed by atoms with E-state index in [1.807, 2.05) is 18.4 Å². The van der Waals surface area contributed by atoms with Crippen LogP contribution in [0.25, 0.3) is 5.69 Å². The average Bonchev–Trinajstić information content (AvgIpc) is 3.04. The fourth-order valence-corrected chi connectivity index (χ4v) is 8.85. The Balaban J connectivity index is 1.23. The van der Waals surface area contributed by atoms with Crippen molar-refractivity contribution < 1.29 is 27.8 Å². The second kappa shape index (κ2) is 9.02. The predicted molar refractivity (Wildman–Crippen MR) is 131 cm³/mol.